The fourth-order valence-electron chi connectivity index (χ4n) is 5.68. The van der Waals surface area contributed by atoms with Crippen molar-refractivity contribution in [3.8, 4) is 39.8 Å². The van der Waals surface area contributed by atoms with E-state index in [9.17, 15) is 26.4 Å². The van der Waals surface area contributed by atoms with Crippen LogP contribution in [0.25, 0.3) is 56.0 Å². The summed E-state index contributed by atoms with van der Waals surface area (Å²) in [7, 11) is -2.85. The van der Waals surface area contributed by atoms with E-state index < -0.39 is 34.7 Å². The van der Waals surface area contributed by atoms with Gasteiger partial charge in [-0.3, -0.25) is 9.10 Å². The molecule has 1 amide bonds. The van der Waals surface area contributed by atoms with Crippen molar-refractivity contribution >= 4 is 43.5 Å². The minimum Gasteiger partial charge on any atom is -0.469 e. The Balaban J connectivity index is 1.51. The molecule has 0 radical (unpaired) electrons. The van der Waals surface area contributed by atoms with Crippen molar-refractivity contribution in [3.05, 3.63) is 84.3 Å². The Labute approximate surface area is 260 Å². The number of amides is 1. The van der Waals surface area contributed by atoms with Gasteiger partial charge in [-0.05, 0) is 42.5 Å². The number of alkyl halides is 2. The van der Waals surface area contributed by atoms with Crippen molar-refractivity contribution in [1.29, 1.82) is 0 Å². The SMILES string of the molecule is CNC(=O)c1c(-c2ccc(F)cc2)oc2cc(N(CC(F)F)S(C)(=O)=O)c(-c3ncc4c(n3)-c3cc5ccccc5n3CO4)cc12. The number of halogens is 3. The first kappa shape index (κ1) is 29.3. The van der Waals surface area contributed by atoms with Gasteiger partial charge in [0, 0.05) is 35.0 Å². The summed E-state index contributed by atoms with van der Waals surface area (Å²) in [6.07, 6.45) is -0.783. The average Bonchev–Trinajstić information content (AvgIpc) is 3.61. The minimum absolute atomic E-state index is 0.00624. The monoisotopic (exact) mass is 647 g/mol. The van der Waals surface area contributed by atoms with E-state index >= 15 is 0 Å². The molecule has 234 valence electrons. The van der Waals surface area contributed by atoms with Gasteiger partial charge in [-0.15, -0.1) is 0 Å². The second-order valence-electron chi connectivity index (χ2n) is 10.6. The third-order valence-corrected chi connectivity index (χ3v) is 8.88. The van der Waals surface area contributed by atoms with Crippen molar-refractivity contribution in [1.82, 2.24) is 19.9 Å². The normalized spacial score (nSPS) is 12.7. The van der Waals surface area contributed by atoms with E-state index in [1.807, 2.05) is 34.9 Å². The molecule has 0 bridgehead atoms. The third kappa shape index (κ3) is 4.90. The molecule has 0 unspecified atom stereocenters. The van der Waals surface area contributed by atoms with Gasteiger partial charge in [-0.25, -0.2) is 31.6 Å². The first-order valence-electron chi connectivity index (χ1n) is 14.0. The summed E-state index contributed by atoms with van der Waals surface area (Å²) >= 11 is 0. The van der Waals surface area contributed by atoms with Crippen LogP contribution in [0.3, 0.4) is 0 Å². The summed E-state index contributed by atoms with van der Waals surface area (Å²) < 4.78 is 81.8. The van der Waals surface area contributed by atoms with Crippen molar-refractivity contribution in [3.63, 3.8) is 0 Å². The maximum atomic E-state index is 13.9. The molecule has 0 saturated heterocycles. The highest BCUT2D eigenvalue weighted by molar-refractivity contribution is 7.92. The minimum atomic E-state index is -4.27. The summed E-state index contributed by atoms with van der Waals surface area (Å²) in [5.41, 5.74) is 2.35. The first-order valence-corrected chi connectivity index (χ1v) is 15.8. The Kier molecular flexibility index (Phi) is 6.96. The van der Waals surface area contributed by atoms with Gasteiger partial charge in [0.15, 0.2) is 18.3 Å². The Morgan fingerprint density at radius 2 is 1.87 bits per heavy atom. The number of hydrogen-bond acceptors (Lipinski definition) is 7. The number of nitrogens with one attached hydrogen (secondary N) is 1. The molecule has 7 rings (SSSR count). The Bertz CT molecular complexity index is 2280. The van der Waals surface area contributed by atoms with E-state index in [2.05, 4.69) is 10.3 Å². The fraction of sp³-hybridized carbons (Fsp3) is 0.156. The summed E-state index contributed by atoms with van der Waals surface area (Å²) in [6, 6.07) is 17.6. The molecular formula is C32H24F3N5O5S. The van der Waals surface area contributed by atoms with E-state index in [1.165, 1.54) is 49.6 Å². The van der Waals surface area contributed by atoms with E-state index in [-0.39, 0.29) is 46.1 Å². The molecule has 1 aliphatic heterocycles. The zero-order chi connectivity index (χ0) is 32.3. The predicted octanol–water partition coefficient (Wildman–Crippen LogP) is 6.06. The number of fused-ring (bicyclic) bond motifs is 6. The van der Waals surface area contributed by atoms with Crippen LogP contribution in [-0.4, -0.2) is 55.1 Å². The highest BCUT2D eigenvalue weighted by atomic mass is 32.2. The van der Waals surface area contributed by atoms with E-state index in [4.69, 9.17) is 14.1 Å². The lowest BCUT2D eigenvalue weighted by Gasteiger charge is -2.25. The third-order valence-electron chi connectivity index (χ3n) is 7.74. The fourth-order valence-corrected chi connectivity index (χ4v) is 6.57. The molecule has 46 heavy (non-hydrogen) atoms. The molecule has 3 aromatic heterocycles. The molecule has 1 aliphatic rings. The van der Waals surface area contributed by atoms with Gasteiger partial charge in [0.25, 0.3) is 12.3 Å². The summed E-state index contributed by atoms with van der Waals surface area (Å²) in [5.74, 6) is -0.611. The zero-order valence-electron chi connectivity index (χ0n) is 24.3. The maximum Gasteiger partial charge on any atom is 0.257 e. The number of hydrogen-bond donors (Lipinski definition) is 1. The van der Waals surface area contributed by atoms with Crippen molar-refractivity contribution < 1.29 is 35.5 Å². The van der Waals surface area contributed by atoms with Gasteiger partial charge in [0.1, 0.15) is 22.9 Å². The number of ether oxygens (including phenoxy) is 1. The number of nitrogens with zero attached hydrogens (tertiary/aromatic N) is 4. The molecule has 1 N–H and O–H groups in total. The Hall–Kier alpha value is -5.37. The molecule has 0 aliphatic carbocycles. The zero-order valence-corrected chi connectivity index (χ0v) is 25.1. The summed E-state index contributed by atoms with van der Waals surface area (Å²) in [6.45, 7) is -0.948. The van der Waals surface area contributed by atoms with Crippen LogP contribution >= 0.6 is 0 Å². The van der Waals surface area contributed by atoms with Crippen LogP contribution in [0.1, 0.15) is 10.4 Å². The number of sulfonamides is 1. The second kappa shape index (κ2) is 10.9. The van der Waals surface area contributed by atoms with Crippen LogP contribution in [0.2, 0.25) is 0 Å². The number of benzene rings is 3. The van der Waals surface area contributed by atoms with Gasteiger partial charge in [0.2, 0.25) is 10.0 Å². The average molecular weight is 648 g/mol. The topological polar surface area (TPSA) is 120 Å². The van der Waals surface area contributed by atoms with E-state index in [1.54, 1.807) is 0 Å². The maximum absolute atomic E-state index is 13.9. The number of rotatable bonds is 7. The lowest BCUT2D eigenvalue weighted by atomic mass is 10.0. The van der Waals surface area contributed by atoms with Gasteiger partial charge in [-0.1, -0.05) is 18.2 Å². The van der Waals surface area contributed by atoms with Gasteiger partial charge in [-0.2, -0.15) is 0 Å². The molecule has 0 spiro atoms. The second-order valence-corrected chi connectivity index (χ2v) is 12.5. The smallest absolute Gasteiger partial charge is 0.257 e. The molecule has 10 nitrogen and oxygen atoms in total. The standard InChI is InChI=1S/C32H24F3N5O5S/c1-36-32(41)28-21-12-20(31-37-14-26-29(38-31)24-11-18-5-3-4-6-22(18)39(24)16-44-26)23(40(15-27(34)35)46(2,42)43)13-25(21)45-30(28)17-7-9-19(33)10-8-17/h3-14,27H,15-16H2,1-2H3,(H,36,41). The molecule has 0 saturated carbocycles. The molecule has 14 heteroatoms. The molecule has 3 aromatic carbocycles. The van der Waals surface area contributed by atoms with Crippen LogP contribution < -0.4 is 14.4 Å². The van der Waals surface area contributed by atoms with Crippen LogP contribution in [0, 0.1) is 5.82 Å². The lowest BCUT2D eigenvalue weighted by molar-refractivity contribution is 0.0964. The van der Waals surface area contributed by atoms with E-state index in [0.29, 0.717) is 27.0 Å². The number of furan rings is 1. The summed E-state index contributed by atoms with van der Waals surface area (Å²) in [5, 5.41) is 3.74. The predicted molar refractivity (Wildman–Crippen MR) is 166 cm³/mol. The van der Waals surface area contributed by atoms with Crippen LogP contribution in [-0.2, 0) is 16.8 Å². The number of carbonyl (C=O) groups excluding carboxylic acids is 1. The van der Waals surface area contributed by atoms with Crippen LogP contribution in [0.4, 0.5) is 18.9 Å². The number of aromatic nitrogens is 3. The number of anilines is 1. The molecule has 0 atom stereocenters. The molecular weight excluding hydrogens is 623 g/mol. The molecule has 4 heterocycles. The van der Waals surface area contributed by atoms with Crippen molar-refractivity contribution in [2.24, 2.45) is 0 Å². The number of para-hydroxylation sites is 1. The van der Waals surface area contributed by atoms with Crippen molar-refractivity contribution in [2.45, 2.75) is 13.2 Å². The number of carbonyl (C=O) groups is 1. The lowest BCUT2D eigenvalue weighted by Crippen LogP contribution is -2.34. The quantitative estimate of drug-likeness (QED) is 0.224. The summed E-state index contributed by atoms with van der Waals surface area (Å²) in [4.78, 5) is 22.4. The van der Waals surface area contributed by atoms with Gasteiger partial charge < -0.3 is 19.0 Å². The Morgan fingerprint density at radius 1 is 1.11 bits per heavy atom. The molecule has 0 fully saturated rings. The Morgan fingerprint density at radius 3 is 2.59 bits per heavy atom. The molecule has 6 aromatic rings. The van der Waals surface area contributed by atoms with Crippen LogP contribution in [0.5, 0.6) is 5.75 Å². The van der Waals surface area contributed by atoms with Gasteiger partial charge in [0.05, 0.1) is 41.5 Å². The van der Waals surface area contributed by atoms with E-state index in [0.717, 1.165) is 17.2 Å². The highest BCUT2D eigenvalue weighted by Gasteiger charge is 2.31. The van der Waals surface area contributed by atoms with Gasteiger partial charge >= 0.3 is 0 Å². The largest absolute Gasteiger partial charge is 0.469 e. The van der Waals surface area contributed by atoms with Crippen LogP contribution in [0.15, 0.2) is 77.3 Å². The highest BCUT2D eigenvalue weighted by Crippen LogP contribution is 2.43. The first-order chi connectivity index (χ1) is 22.0. The van der Waals surface area contributed by atoms with Crippen molar-refractivity contribution in [2.75, 3.05) is 24.2 Å².